The number of aryl methyl sites for hydroxylation is 1. The van der Waals surface area contributed by atoms with Gasteiger partial charge in [-0.1, -0.05) is 18.2 Å². The number of aromatic nitrogens is 1. The normalized spacial score (nSPS) is 17.6. The van der Waals surface area contributed by atoms with Gasteiger partial charge in [0.2, 0.25) is 0 Å². The maximum atomic E-state index is 12.5. The molecule has 2 N–H and O–H groups in total. The summed E-state index contributed by atoms with van der Waals surface area (Å²) >= 11 is 0. The van der Waals surface area contributed by atoms with Crippen LogP contribution < -0.4 is 10.1 Å². The zero-order valence-corrected chi connectivity index (χ0v) is 15.9. The molecule has 5 heteroatoms. The van der Waals surface area contributed by atoms with E-state index in [4.69, 9.17) is 4.74 Å². The third-order valence-corrected chi connectivity index (χ3v) is 5.21. The van der Waals surface area contributed by atoms with Crippen molar-refractivity contribution < 1.29 is 14.6 Å². The fourth-order valence-electron chi connectivity index (χ4n) is 3.73. The van der Waals surface area contributed by atoms with Gasteiger partial charge in [-0.15, -0.1) is 0 Å². The number of carbonyl (C=O) groups is 1. The van der Waals surface area contributed by atoms with Gasteiger partial charge in [-0.25, -0.2) is 0 Å². The van der Waals surface area contributed by atoms with Gasteiger partial charge in [-0.05, 0) is 62.7 Å². The Hall–Kier alpha value is -2.76. The summed E-state index contributed by atoms with van der Waals surface area (Å²) in [5, 5.41) is 14.5. The molecule has 1 fully saturated rings. The van der Waals surface area contributed by atoms with Crippen molar-refractivity contribution in [2.75, 3.05) is 6.54 Å². The summed E-state index contributed by atoms with van der Waals surface area (Å²) < 4.78 is 5.94. The van der Waals surface area contributed by atoms with Crippen LogP contribution in [0, 0.1) is 6.92 Å². The number of para-hydroxylation sites is 1. The van der Waals surface area contributed by atoms with Gasteiger partial charge in [0.05, 0.1) is 5.52 Å². The van der Waals surface area contributed by atoms with Gasteiger partial charge in [-0.3, -0.25) is 9.78 Å². The number of benzene rings is 2. The molecule has 2 heterocycles. The summed E-state index contributed by atoms with van der Waals surface area (Å²) in [7, 11) is 0. The number of Topliss-reactive ketones (excluding diaryl/α,β-unsaturated/α-hetero) is 1. The number of hydrogen-bond donors (Lipinski definition) is 2. The van der Waals surface area contributed by atoms with Crippen LogP contribution in [0.3, 0.4) is 0 Å². The molecule has 28 heavy (non-hydrogen) atoms. The van der Waals surface area contributed by atoms with E-state index in [-0.39, 0.29) is 11.8 Å². The van der Waals surface area contributed by atoms with E-state index in [1.165, 1.54) is 0 Å². The second-order valence-electron chi connectivity index (χ2n) is 7.26. The summed E-state index contributed by atoms with van der Waals surface area (Å²) in [5.41, 5.74) is 3.48. The zero-order chi connectivity index (χ0) is 19.5. The Morgan fingerprint density at radius 3 is 2.79 bits per heavy atom. The topological polar surface area (TPSA) is 71.5 Å². The highest BCUT2D eigenvalue weighted by molar-refractivity contribution is 5.99. The highest BCUT2D eigenvalue weighted by Gasteiger charge is 2.28. The highest BCUT2D eigenvalue weighted by Crippen LogP contribution is 2.22. The van der Waals surface area contributed by atoms with Crippen LogP contribution >= 0.6 is 0 Å². The average molecular weight is 376 g/mol. The van der Waals surface area contributed by atoms with Crippen LogP contribution in [0.5, 0.6) is 5.75 Å². The first-order valence-corrected chi connectivity index (χ1v) is 9.65. The molecule has 0 radical (unpaired) electrons. The van der Waals surface area contributed by atoms with Crippen LogP contribution in [-0.2, 0) is 6.61 Å². The van der Waals surface area contributed by atoms with E-state index >= 15 is 0 Å². The number of pyridine rings is 1. The number of fused-ring (bicyclic) bond motifs is 1. The van der Waals surface area contributed by atoms with Crippen molar-refractivity contribution in [3.05, 3.63) is 71.4 Å². The summed E-state index contributed by atoms with van der Waals surface area (Å²) in [6.45, 7) is 3.25. The lowest BCUT2D eigenvalue weighted by molar-refractivity contribution is 0.0676. The maximum Gasteiger partial charge on any atom is 0.192 e. The molecule has 0 bridgehead atoms. The van der Waals surface area contributed by atoms with Crippen molar-refractivity contribution in [2.45, 2.75) is 38.5 Å². The molecular formula is C23H24N2O3. The summed E-state index contributed by atoms with van der Waals surface area (Å²) in [4.78, 5) is 17.0. The van der Waals surface area contributed by atoms with Crippen molar-refractivity contribution in [3.8, 4) is 5.75 Å². The number of ether oxygens (including phenoxy) is 1. The number of ketones is 1. The number of nitrogens with one attached hydrogen (secondary N) is 1. The Balaban J connectivity index is 1.45. The minimum atomic E-state index is -1.000. The quantitative estimate of drug-likeness (QED) is 0.645. The van der Waals surface area contributed by atoms with Crippen LogP contribution in [0.1, 0.15) is 34.5 Å². The van der Waals surface area contributed by atoms with Crippen LogP contribution in [0.15, 0.2) is 54.6 Å². The molecule has 1 aromatic heterocycles. The first-order valence-electron chi connectivity index (χ1n) is 9.65. The predicted octanol–water partition coefficient (Wildman–Crippen LogP) is 3.42. The van der Waals surface area contributed by atoms with Crippen molar-refractivity contribution in [1.82, 2.24) is 10.3 Å². The molecule has 5 nitrogen and oxygen atoms in total. The minimum Gasteiger partial charge on any atom is -0.489 e. The molecule has 1 saturated heterocycles. The Morgan fingerprint density at radius 1 is 1.25 bits per heavy atom. The summed E-state index contributed by atoms with van der Waals surface area (Å²) in [6, 6.07) is 16.9. The largest absolute Gasteiger partial charge is 0.489 e. The number of nitrogens with zero attached hydrogens (tertiary/aromatic N) is 1. The molecule has 0 amide bonds. The van der Waals surface area contributed by atoms with Gasteiger partial charge in [0.25, 0.3) is 0 Å². The molecule has 0 saturated carbocycles. The molecule has 0 aliphatic carbocycles. The third kappa shape index (κ3) is 3.91. The fraction of sp³-hybridized carbons (Fsp3) is 0.304. The summed E-state index contributed by atoms with van der Waals surface area (Å²) in [5.74, 6) is 0.435. The number of carbonyl (C=O) groups excluding carboxylic acids is 1. The third-order valence-electron chi connectivity index (χ3n) is 5.21. The first kappa shape index (κ1) is 18.6. The van der Waals surface area contributed by atoms with Gasteiger partial charge < -0.3 is 15.2 Å². The standard InChI is InChI=1S/C23H24N2O3/c1-15-13-17(19-5-2-3-6-20(19)25-15)14-28-18-10-8-16(9-11-18)22(26)23(27)21-7-4-12-24-21/h2-3,5-6,8-11,13,21,23-24,27H,4,7,12,14H2,1H3. The molecule has 4 rings (SSSR count). The number of rotatable bonds is 6. The lowest BCUT2D eigenvalue weighted by Crippen LogP contribution is -2.40. The fourth-order valence-corrected chi connectivity index (χ4v) is 3.73. The molecule has 2 unspecified atom stereocenters. The van der Waals surface area contributed by atoms with Crippen LogP contribution in [0.25, 0.3) is 10.9 Å². The van der Waals surface area contributed by atoms with E-state index in [9.17, 15) is 9.90 Å². The SMILES string of the molecule is Cc1cc(COc2ccc(C(=O)C(O)C3CCCN3)cc2)c2ccccc2n1. The molecule has 0 spiro atoms. The Morgan fingerprint density at radius 2 is 2.04 bits per heavy atom. The Kier molecular flexibility index (Phi) is 5.37. The van der Waals surface area contributed by atoms with Crippen LogP contribution in [0.2, 0.25) is 0 Å². The van der Waals surface area contributed by atoms with Crippen molar-refractivity contribution >= 4 is 16.7 Å². The minimum absolute atomic E-state index is 0.147. The maximum absolute atomic E-state index is 12.5. The smallest absolute Gasteiger partial charge is 0.192 e. The van der Waals surface area contributed by atoms with Gasteiger partial charge in [0, 0.05) is 28.2 Å². The summed E-state index contributed by atoms with van der Waals surface area (Å²) in [6.07, 6.45) is 0.818. The van der Waals surface area contributed by atoms with E-state index in [1.54, 1.807) is 24.3 Å². The number of aliphatic hydroxyl groups is 1. The van der Waals surface area contributed by atoms with Gasteiger partial charge >= 0.3 is 0 Å². The van der Waals surface area contributed by atoms with Gasteiger partial charge in [0.15, 0.2) is 5.78 Å². The van der Waals surface area contributed by atoms with Gasteiger partial charge in [0.1, 0.15) is 18.5 Å². The van der Waals surface area contributed by atoms with E-state index in [0.717, 1.165) is 41.5 Å². The number of hydrogen-bond acceptors (Lipinski definition) is 5. The molecule has 2 aromatic carbocycles. The van der Waals surface area contributed by atoms with E-state index in [2.05, 4.69) is 10.3 Å². The average Bonchev–Trinajstić information content (AvgIpc) is 3.26. The van der Waals surface area contributed by atoms with Crippen molar-refractivity contribution in [1.29, 1.82) is 0 Å². The van der Waals surface area contributed by atoms with E-state index < -0.39 is 6.10 Å². The molecular weight excluding hydrogens is 352 g/mol. The Bertz CT molecular complexity index is 979. The molecule has 1 aliphatic rings. The van der Waals surface area contributed by atoms with E-state index in [0.29, 0.717) is 17.9 Å². The lowest BCUT2D eigenvalue weighted by Gasteiger charge is -2.17. The van der Waals surface area contributed by atoms with E-state index in [1.807, 2.05) is 37.3 Å². The number of aliphatic hydroxyl groups excluding tert-OH is 1. The monoisotopic (exact) mass is 376 g/mol. The zero-order valence-electron chi connectivity index (χ0n) is 15.9. The molecule has 3 aromatic rings. The Labute approximate surface area is 164 Å². The van der Waals surface area contributed by atoms with Gasteiger partial charge in [-0.2, -0.15) is 0 Å². The first-order chi connectivity index (χ1) is 13.6. The predicted molar refractivity (Wildman–Crippen MR) is 109 cm³/mol. The molecule has 144 valence electrons. The molecule has 2 atom stereocenters. The van der Waals surface area contributed by atoms with Crippen LogP contribution in [-0.4, -0.2) is 34.6 Å². The van der Waals surface area contributed by atoms with Crippen LogP contribution in [0.4, 0.5) is 0 Å². The highest BCUT2D eigenvalue weighted by atomic mass is 16.5. The van der Waals surface area contributed by atoms with Crippen molar-refractivity contribution in [2.24, 2.45) is 0 Å². The second kappa shape index (κ2) is 8.09. The molecule has 1 aliphatic heterocycles. The van der Waals surface area contributed by atoms with Crippen molar-refractivity contribution in [3.63, 3.8) is 0 Å². The lowest BCUT2D eigenvalue weighted by atomic mass is 9.99. The second-order valence-corrected chi connectivity index (χ2v) is 7.26.